The van der Waals surface area contributed by atoms with Gasteiger partial charge in [-0.3, -0.25) is 0 Å². The summed E-state index contributed by atoms with van der Waals surface area (Å²) in [6.07, 6.45) is 0. The molecule has 0 aliphatic carbocycles. The third-order valence-electron chi connectivity index (χ3n) is 3.41. The maximum Gasteiger partial charge on any atom is 0.106 e. The quantitative estimate of drug-likeness (QED) is 0.844. The molecule has 0 radical (unpaired) electrons. The van der Waals surface area contributed by atoms with Gasteiger partial charge in [-0.2, -0.15) is 0 Å². The van der Waals surface area contributed by atoms with E-state index in [9.17, 15) is 0 Å². The van der Waals surface area contributed by atoms with Crippen LogP contribution in [0.1, 0.15) is 16.7 Å². The van der Waals surface area contributed by atoms with Crippen LogP contribution in [0.2, 0.25) is 0 Å². The van der Waals surface area contributed by atoms with Gasteiger partial charge in [-0.1, -0.05) is 29.9 Å². The molecular weight excluding hydrogens is 278 g/mol. The number of aryl methyl sites for hydroxylation is 2. The summed E-state index contributed by atoms with van der Waals surface area (Å²) in [5.41, 5.74) is 12.2. The highest BCUT2D eigenvalue weighted by Gasteiger charge is 2.08. The summed E-state index contributed by atoms with van der Waals surface area (Å²) in [6, 6.07) is 12.4. The molecule has 0 aliphatic rings. The maximum absolute atomic E-state index is 5.82. The molecule has 0 aliphatic heterocycles. The Morgan fingerprint density at radius 3 is 2.43 bits per heavy atom. The number of hydrogen-bond donors (Lipinski definition) is 2. The van der Waals surface area contributed by atoms with Crippen LogP contribution >= 0.6 is 12.2 Å². The zero-order valence-corrected chi connectivity index (χ0v) is 13.7. The van der Waals surface area contributed by atoms with Crippen molar-refractivity contribution in [3.05, 3.63) is 53.1 Å². The van der Waals surface area contributed by atoms with Crippen LogP contribution in [-0.4, -0.2) is 19.1 Å². The van der Waals surface area contributed by atoms with E-state index in [1.54, 1.807) is 0 Å². The Labute approximate surface area is 131 Å². The molecule has 4 heteroatoms. The highest BCUT2D eigenvalue weighted by Crippen LogP contribution is 2.27. The van der Waals surface area contributed by atoms with Crippen molar-refractivity contribution in [1.82, 2.24) is 0 Å². The van der Waals surface area contributed by atoms with Gasteiger partial charge in [-0.05, 0) is 43.7 Å². The first-order valence-corrected chi connectivity index (χ1v) is 7.25. The minimum Gasteiger partial charge on any atom is -0.389 e. The molecule has 0 bridgehead atoms. The topological polar surface area (TPSA) is 41.3 Å². The highest BCUT2D eigenvalue weighted by atomic mass is 32.1. The normalized spacial score (nSPS) is 10.3. The molecule has 110 valence electrons. The van der Waals surface area contributed by atoms with Gasteiger partial charge in [0.25, 0.3) is 0 Å². The van der Waals surface area contributed by atoms with Crippen LogP contribution in [0.5, 0.6) is 0 Å². The largest absolute Gasteiger partial charge is 0.389 e. The zero-order chi connectivity index (χ0) is 15.6. The fourth-order valence-electron chi connectivity index (χ4n) is 2.30. The van der Waals surface area contributed by atoms with Crippen molar-refractivity contribution in [2.45, 2.75) is 13.8 Å². The second-order valence-electron chi connectivity index (χ2n) is 5.43. The van der Waals surface area contributed by atoms with E-state index in [1.807, 2.05) is 39.2 Å². The van der Waals surface area contributed by atoms with Crippen LogP contribution in [0, 0.1) is 13.8 Å². The number of hydrogen-bond acceptors (Lipinski definition) is 3. The molecule has 2 rings (SSSR count). The van der Waals surface area contributed by atoms with Crippen LogP contribution in [0.25, 0.3) is 0 Å². The lowest BCUT2D eigenvalue weighted by atomic mass is 10.1. The number of nitrogens with one attached hydrogen (secondary N) is 1. The number of thiocarbonyl (C=S) groups is 1. The van der Waals surface area contributed by atoms with Crippen molar-refractivity contribution >= 4 is 34.3 Å². The van der Waals surface area contributed by atoms with Crippen LogP contribution in [-0.2, 0) is 0 Å². The SMILES string of the molecule is Cc1ccc(Nc2ccc(C)c(N(C)C)c2)c(C(N)=S)c1. The van der Waals surface area contributed by atoms with Crippen molar-refractivity contribution in [2.24, 2.45) is 5.73 Å². The molecular formula is C17H21N3S. The lowest BCUT2D eigenvalue weighted by molar-refractivity contribution is 1.11. The molecule has 21 heavy (non-hydrogen) atoms. The van der Waals surface area contributed by atoms with Crippen molar-refractivity contribution in [3.8, 4) is 0 Å². The van der Waals surface area contributed by atoms with Gasteiger partial charge in [0.1, 0.15) is 4.99 Å². The molecule has 3 N–H and O–H groups in total. The Bertz CT molecular complexity index is 678. The second-order valence-corrected chi connectivity index (χ2v) is 5.87. The van der Waals surface area contributed by atoms with E-state index in [-0.39, 0.29) is 0 Å². The third kappa shape index (κ3) is 3.52. The van der Waals surface area contributed by atoms with Crippen LogP contribution in [0.4, 0.5) is 17.1 Å². The fourth-order valence-corrected chi connectivity index (χ4v) is 2.46. The number of benzene rings is 2. The standard InChI is InChI=1S/C17H21N3S/c1-11-5-8-15(14(9-11)17(18)21)19-13-7-6-12(2)16(10-13)20(3)4/h5-10,19H,1-4H3,(H2,18,21). The molecule has 2 aromatic rings. The molecule has 0 unspecified atom stereocenters. The number of anilines is 3. The van der Waals surface area contributed by atoms with Gasteiger partial charge in [-0.25, -0.2) is 0 Å². The van der Waals surface area contributed by atoms with Gasteiger partial charge in [0, 0.05) is 36.7 Å². The minimum atomic E-state index is 0.404. The summed E-state index contributed by atoms with van der Waals surface area (Å²) in [7, 11) is 4.08. The number of nitrogens with zero attached hydrogens (tertiary/aromatic N) is 1. The first-order chi connectivity index (χ1) is 9.88. The van der Waals surface area contributed by atoms with Crippen molar-refractivity contribution in [1.29, 1.82) is 0 Å². The minimum absolute atomic E-state index is 0.404. The average molecular weight is 299 g/mol. The van der Waals surface area contributed by atoms with E-state index in [2.05, 4.69) is 35.3 Å². The predicted octanol–water partition coefficient (Wildman–Crippen LogP) is 3.75. The Morgan fingerprint density at radius 2 is 1.81 bits per heavy atom. The van der Waals surface area contributed by atoms with Gasteiger partial charge in [0.2, 0.25) is 0 Å². The molecule has 0 spiro atoms. The van der Waals surface area contributed by atoms with Crippen LogP contribution in [0.15, 0.2) is 36.4 Å². The molecule has 0 saturated heterocycles. The van der Waals surface area contributed by atoms with Crippen molar-refractivity contribution in [2.75, 3.05) is 24.3 Å². The lowest BCUT2D eigenvalue weighted by Crippen LogP contribution is -2.13. The van der Waals surface area contributed by atoms with Gasteiger partial charge in [-0.15, -0.1) is 0 Å². The van der Waals surface area contributed by atoms with E-state index in [1.165, 1.54) is 11.3 Å². The van der Waals surface area contributed by atoms with E-state index >= 15 is 0 Å². The van der Waals surface area contributed by atoms with Gasteiger partial charge < -0.3 is 16.0 Å². The summed E-state index contributed by atoms with van der Waals surface area (Å²) in [5, 5.41) is 3.41. The van der Waals surface area contributed by atoms with Crippen LogP contribution < -0.4 is 16.0 Å². The Kier molecular flexibility index (Phi) is 4.48. The summed E-state index contributed by atoms with van der Waals surface area (Å²) < 4.78 is 0. The predicted molar refractivity (Wildman–Crippen MR) is 95.9 cm³/mol. The second kappa shape index (κ2) is 6.14. The first-order valence-electron chi connectivity index (χ1n) is 6.84. The van der Waals surface area contributed by atoms with Gasteiger partial charge >= 0.3 is 0 Å². The maximum atomic E-state index is 5.82. The molecule has 0 atom stereocenters. The molecule has 3 nitrogen and oxygen atoms in total. The van der Waals surface area contributed by atoms with Crippen molar-refractivity contribution in [3.63, 3.8) is 0 Å². The molecule has 0 saturated carbocycles. The number of rotatable bonds is 4. The summed E-state index contributed by atoms with van der Waals surface area (Å²) >= 11 is 5.14. The Hall–Kier alpha value is -2.07. The Balaban J connectivity index is 2.39. The Morgan fingerprint density at radius 1 is 1.10 bits per heavy atom. The lowest BCUT2D eigenvalue weighted by Gasteiger charge is -2.18. The van der Waals surface area contributed by atoms with E-state index < -0.39 is 0 Å². The summed E-state index contributed by atoms with van der Waals surface area (Å²) in [4.78, 5) is 2.51. The van der Waals surface area contributed by atoms with E-state index in [4.69, 9.17) is 18.0 Å². The van der Waals surface area contributed by atoms with Gasteiger partial charge in [0.15, 0.2) is 0 Å². The molecule has 0 aromatic heterocycles. The first kappa shape index (κ1) is 15.3. The van der Waals surface area contributed by atoms with E-state index in [0.29, 0.717) is 4.99 Å². The smallest absolute Gasteiger partial charge is 0.106 e. The molecule has 0 amide bonds. The average Bonchev–Trinajstić information content (AvgIpc) is 2.42. The van der Waals surface area contributed by atoms with E-state index in [0.717, 1.165) is 22.5 Å². The highest BCUT2D eigenvalue weighted by molar-refractivity contribution is 7.80. The molecule has 0 heterocycles. The van der Waals surface area contributed by atoms with Gasteiger partial charge in [0.05, 0.1) is 0 Å². The molecule has 2 aromatic carbocycles. The monoisotopic (exact) mass is 299 g/mol. The molecule has 0 fully saturated rings. The third-order valence-corrected chi connectivity index (χ3v) is 3.63. The summed E-state index contributed by atoms with van der Waals surface area (Å²) in [6.45, 7) is 4.13. The van der Waals surface area contributed by atoms with Crippen molar-refractivity contribution < 1.29 is 0 Å². The fraction of sp³-hybridized carbons (Fsp3) is 0.235. The summed E-state index contributed by atoms with van der Waals surface area (Å²) in [5.74, 6) is 0. The zero-order valence-electron chi connectivity index (χ0n) is 12.9. The van der Waals surface area contributed by atoms with Crippen LogP contribution in [0.3, 0.4) is 0 Å². The number of nitrogens with two attached hydrogens (primary N) is 1.